The maximum atomic E-state index is 6.01. The SMILES string of the molecule is CCC1(CC)CC(NCCCn2ccnc2)CCO1. The molecule has 1 aromatic heterocycles. The minimum atomic E-state index is 0.125. The van der Waals surface area contributed by atoms with Gasteiger partial charge in [0.05, 0.1) is 11.9 Å². The van der Waals surface area contributed by atoms with Gasteiger partial charge in [0.25, 0.3) is 0 Å². The van der Waals surface area contributed by atoms with Gasteiger partial charge < -0.3 is 14.6 Å². The van der Waals surface area contributed by atoms with Gasteiger partial charge in [0.15, 0.2) is 0 Å². The summed E-state index contributed by atoms with van der Waals surface area (Å²) in [7, 11) is 0. The highest BCUT2D eigenvalue weighted by atomic mass is 16.5. The summed E-state index contributed by atoms with van der Waals surface area (Å²) >= 11 is 0. The van der Waals surface area contributed by atoms with Gasteiger partial charge in [-0.05, 0) is 38.6 Å². The molecule has 0 aliphatic carbocycles. The van der Waals surface area contributed by atoms with Gasteiger partial charge in [-0.2, -0.15) is 0 Å². The van der Waals surface area contributed by atoms with Crippen LogP contribution in [0, 0.1) is 0 Å². The molecule has 0 radical (unpaired) electrons. The number of ether oxygens (including phenoxy) is 1. The average molecular weight is 265 g/mol. The zero-order valence-electron chi connectivity index (χ0n) is 12.3. The Bertz CT molecular complexity index is 346. The Balaban J connectivity index is 1.68. The highest BCUT2D eigenvalue weighted by molar-refractivity contribution is 4.88. The van der Waals surface area contributed by atoms with E-state index in [1.54, 1.807) is 0 Å². The van der Waals surface area contributed by atoms with Crippen molar-refractivity contribution in [3.8, 4) is 0 Å². The van der Waals surface area contributed by atoms with E-state index in [1.165, 1.54) is 0 Å². The largest absolute Gasteiger partial charge is 0.375 e. The molecule has 0 spiro atoms. The van der Waals surface area contributed by atoms with Crippen molar-refractivity contribution in [1.29, 1.82) is 0 Å². The maximum Gasteiger partial charge on any atom is 0.0945 e. The van der Waals surface area contributed by atoms with Crippen molar-refractivity contribution in [2.45, 2.75) is 64.1 Å². The van der Waals surface area contributed by atoms with Gasteiger partial charge in [-0.3, -0.25) is 0 Å². The second-order valence-corrected chi connectivity index (χ2v) is 5.54. The molecule has 1 N–H and O–H groups in total. The van der Waals surface area contributed by atoms with Crippen molar-refractivity contribution in [1.82, 2.24) is 14.9 Å². The first-order valence-corrected chi connectivity index (χ1v) is 7.61. The van der Waals surface area contributed by atoms with Crippen LogP contribution in [0.15, 0.2) is 18.7 Å². The van der Waals surface area contributed by atoms with Gasteiger partial charge in [0.1, 0.15) is 0 Å². The second kappa shape index (κ2) is 7.06. The Morgan fingerprint density at radius 2 is 2.26 bits per heavy atom. The van der Waals surface area contributed by atoms with Crippen LogP contribution in [0.3, 0.4) is 0 Å². The Hall–Kier alpha value is -0.870. The molecular weight excluding hydrogens is 238 g/mol. The van der Waals surface area contributed by atoms with E-state index in [2.05, 4.69) is 28.7 Å². The Morgan fingerprint density at radius 3 is 2.95 bits per heavy atom. The van der Waals surface area contributed by atoms with Crippen molar-refractivity contribution in [2.75, 3.05) is 13.2 Å². The number of nitrogens with zero attached hydrogens (tertiary/aromatic N) is 2. The minimum Gasteiger partial charge on any atom is -0.375 e. The maximum absolute atomic E-state index is 6.01. The predicted molar refractivity (Wildman–Crippen MR) is 77.1 cm³/mol. The molecule has 0 bridgehead atoms. The van der Waals surface area contributed by atoms with Gasteiger partial charge in [0, 0.05) is 31.6 Å². The summed E-state index contributed by atoms with van der Waals surface area (Å²) in [6, 6.07) is 0.622. The molecule has 1 aliphatic rings. The fourth-order valence-electron chi connectivity index (χ4n) is 2.93. The lowest BCUT2D eigenvalue weighted by Gasteiger charge is -2.40. The molecule has 1 aromatic rings. The summed E-state index contributed by atoms with van der Waals surface area (Å²) in [4.78, 5) is 4.06. The topological polar surface area (TPSA) is 39.1 Å². The van der Waals surface area contributed by atoms with Crippen LogP contribution in [-0.2, 0) is 11.3 Å². The summed E-state index contributed by atoms with van der Waals surface area (Å²) in [5.41, 5.74) is 0.125. The zero-order chi connectivity index (χ0) is 13.6. The first kappa shape index (κ1) is 14.5. The Morgan fingerprint density at radius 1 is 1.42 bits per heavy atom. The number of nitrogens with one attached hydrogen (secondary N) is 1. The molecule has 2 rings (SSSR count). The van der Waals surface area contributed by atoms with E-state index in [9.17, 15) is 0 Å². The fourth-order valence-corrected chi connectivity index (χ4v) is 2.93. The molecule has 0 saturated carbocycles. The fraction of sp³-hybridized carbons (Fsp3) is 0.800. The van der Waals surface area contributed by atoms with Crippen molar-refractivity contribution in [2.24, 2.45) is 0 Å². The highest BCUT2D eigenvalue weighted by Gasteiger charge is 2.33. The Kier molecular flexibility index (Phi) is 5.40. The van der Waals surface area contributed by atoms with Gasteiger partial charge in [-0.25, -0.2) is 4.98 Å². The van der Waals surface area contributed by atoms with Gasteiger partial charge in [-0.1, -0.05) is 13.8 Å². The van der Waals surface area contributed by atoms with E-state index < -0.39 is 0 Å². The normalized spacial score (nSPS) is 22.5. The van der Waals surface area contributed by atoms with E-state index in [-0.39, 0.29) is 5.60 Å². The lowest BCUT2D eigenvalue weighted by atomic mass is 9.86. The molecule has 1 unspecified atom stereocenters. The van der Waals surface area contributed by atoms with Crippen LogP contribution in [0.25, 0.3) is 0 Å². The number of aryl methyl sites for hydroxylation is 1. The predicted octanol–water partition coefficient (Wildman–Crippen LogP) is 2.60. The van der Waals surface area contributed by atoms with Crippen LogP contribution in [0.4, 0.5) is 0 Å². The van der Waals surface area contributed by atoms with Crippen LogP contribution in [0.5, 0.6) is 0 Å². The molecule has 108 valence electrons. The van der Waals surface area contributed by atoms with E-state index in [1.807, 2.05) is 18.7 Å². The molecule has 1 atom stereocenters. The molecule has 2 heterocycles. The lowest BCUT2D eigenvalue weighted by molar-refractivity contribution is -0.0929. The molecule has 1 saturated heterocycles. The second-order valence-electron chi connectivity index (χ2n) is 5.54. The van der Waals surface area contributed by atoms with Crippen molar-refractivity contribution in [3.05, 3.63) is 18.7 Å². The first-order valence-electron chi connectivity index (χ1n) is 7.61. The third-order valence-corrected chi connectivity index (χ3v) is 4.37. The third-order valence-electron chi connectivity index (χ3n) is 4.37. The van der Waals surface area contributed by atoms with Crippen molar-refractivity contribution >= 4 is 0 Å². The van der Waals surface area contributed by atoms with Crippen LogP contribution >= 0.6 is 0 Å². The molecule has 4 nitrogen and oxygen atoms in total. The highest BCUT2D eigenvalue weighted by Crippen LogP contribution is 2.31. The monoisotopic (exact) mass is 265 g/mol. The van der Waals surface area contributed by atoms with Crippen molar-refractivity contribution in [3.63, 3.8) is 0 Å². The molecule has 1 aliphatic heterocycles. The van der Waals surface area contributed by atoms with E-state index in [0.29, 0.717) is 6.04 Å². The van der Waals surface area contributed by atoms with Gasteiger partial charge in [0.2, 0.25) is 0 Å². The number of aromatic nitrogens is 2. The van der Waals surface area contributed by atoms with Crippen LogP contribution < -0.4 is 5.32 Å². The summed E-state index contributed by atoms with van der Waals surface area (Å²) in [6.45, 7) is 7.51. The van der Waals surface area contributed by atoms with Gasteiger partial charge >= 0.3 is 0 Å². The standard InChI is InChI=1S/C15H27N3O/c1-3-15(4-2)12-14(6-11-19-15)17-7-5-9-18-10-8-16-13-18/h8,10,13-14,17H,3-7,9,11-12H2,1-2H3. The van der Waals surface area contributed by atoms with Crippen LogP contribution in [0.2, 0.25) is 0 Å². The average Bonchev–Trinajstić information content (AvgIpc) is 2.97. The summed E-state index contributed by atoms with van der Waals surface area (Å²) in [5, 5.41) is 3.69. The minimum absolute atomic E-state index is 0.125. The number of imidazole rings is 1. The summed E-state index contributed by atoms with van der Waals surface area (Å²) in [5.74, 6) is 0. The third kappa shape index (κ3) is 4.05. The quantitative estimate of drug-likeness (QED) is 0.770. The smallest absolute Gasteiger partial charge is 0.0945 e. The number of hydrogen-bond acceptors (Lipinski definition) is 3. The first-order chi connectivity index (χ1) is 9.28. The zero-order valence-corrected chi connectivity index (χ0v) is 12.3. The van der Waals surface area contributed by atoms with Crippen LogP contribution in [0.1, 0.15) is 46.0 Å². The number of rotatable bonds is 7. The van der Waals surface area contributed by atoms with E-state index in [0.717, 1.165) is 51.8 Å². The van der Waals surface area contributed by atoms with Crippen molar-refractivity contribution < 1.29 is 4.74 Å². The Labute approximate surface area is 116 Å². The molecule has 0 aromatic carbocycles. The molecule has 19 heavy (non-hydrogen) atoms. The van der Waals surface area contributed by atoms with E-state index in [4.69, 9.17) is 4.74 Å². The van der Waals surface area contributed by atoms with Crippen LogP contribution in [-0.4, -0.2) is 34.3 Å². The van der Waals surface area contributed by atoms with Gasteiger partial charge in [-0.15, -0.1) is 0 Å². The summed E-state index contributed by atoms with van der Waals surface area (Å²) < 4.78 is 8.14. The molecular formula is C15H27N3O. The molecule has 4 heteroatoms. The number of hydrogen-bond donors (Lipinski definition) is 1. The lowest BCUT2D eigenvalue weighted by Crippen LogP contribution is -2.46. The van der Waals surface area contributed by atoms with E-state index >= 15 is 0 Å². The molecule has 1 fully saturated rings. The molecule has 0 amide bonds. The summed E-state index contributed by atoms with van der Waals surface area (Å²) in [6.07, 6.45) is 11.4.